The molecule has 0 bridgehead atoms. The van der Waals surface area contributed by atoms with Gasteiger partial charge in [0.05, 0.1) is 18.0 Å². The summed E-state index contributed by atoms with van der Waals surface area (Å²) in [5.74, 6) is 1.28. The average Bonchev–Trinajstić information content (AvgIpc) is 2.55. The molecule has 5 nitrogen and oxygen atoms in total. The lowest BCUT2D eigenvalue weighted by molar-refractivity contribution is 0.414. The summed E-state index contributed by atoms with van der Waals surface area (Å²) in [6.45, 7) is 0.654. The molecule has 0 aliphatic heterocycles. The maximum atomic E-state index is 12.0. The van der Waals surface area contributed by atoms with Gasteiger partial charge in [0.2, 0.25) is 5.95 Å². The van der Waals surface area contributed by atoms with Crippen LogP contribution in [-0.4, -0.2) is 23.6 Å². The predicted octanol–water partition coefficient (Wildman–Crippen LogP) is 3.24. The summed E-state index contributed by atoms with van der Waals surface area (Å²) in [4.78, 5) is 19.1. The molecule has 2 aromatic carbocycles. The van der Waals surface area contributed by atoms with Crippen molar-refractivity contribution in [3.8, 4) is 5.75 Å². The first-order valence-corrected chi connectivity index (χ1v) is 7.60. The fourth-order valence-corrected chi connectivity index (χ4v) is 2.48. The number of hydrogen-bond acceptors (Lipinski definition) is 4. The van der Waals surface area contributed by atoms with E-state index in [9.17, 15) is 4.79 Å². The number of aromatic amines is 1. The minimum Gasteiger partial charge on any atom is -0.497 e. The molecule has 0 spiro atoms. The van der Waals surface area contributed by atoms with Gasteiger partial charge >= 0.3 is 0 Å². The molecule has 0 atom stereocenters. The smallest absolute Gasteiger partial charge is 0.260 e. The van der Waals surface area contributed by atoms with Crippen molar-refractivity contribution in [2.75, 3.05) is 19.0 Å². The summed E-state index contributed by atoms with van der Waals surface area (Å²) < 4.78 is 5.13. The number of benzene rings is 2. The van der Waals surface area contributed by atoms with Crippen molar-refractivity contribution in [3.63, 3.8) is 0 Å². The van der Waals surface area contributed by atoms with E-state index < -0.39 is 0 Å². The lowest BCUT2D eigenvalue weighted by atomic mass is 10.1. The van der Waals surface area contributed by atoms with Gasteiger partial charge in [-0.25, -0.2) is 4.98 Å². The number of aromatic nitrogens is 2. The van der Waals surface area contributed by atoms with Crippen LogP contribution in [0.3, 0.4) is 0 Å². The van der Waals surface area contributed by atoms with Gasteiger partial charge in [-0.3, -0.25) is 9.78 Å². The van der Waals surface area contributed by atoms with Crippen molar-refractivity contribution >= 4 is 28.5 Å². The molecular weight excluding hydrogens is 314 g/mol. The highest BCUT2D eigenvalue weighted by atomic mass is 35.5. The van der Waals surface area contributed by atoms with E-state index in [1.54, 1.807) is 25.3 Å². The Morgan fingerprint density at radius 3 is 2.74 bits per heavy atom. The van der Waals surface area contributed by atoms with Crippen LogP contribution in [0.1, 0.15) is 5.56 Å². The molecule has 0 saturated carbocycles. The molecule has 0 unspecified atom stereocenters. The molecule has 0 aliphatic rings. The van der Waals surface area contributed by atoms with Crippen LogP contribution >= 0.6 is 11.6 Å². The number of ether oxygens (including phenoxy) is 1. The van der Waals surface area contributed by atoms with E-state index in [2.05, 4.69) is 15.3 Å². The lowest BCUT2D eigenvalue weighted by Crippen LogP contribution is -2.14. The van der Waals surface area contributed by atoms with E-state index in [0.717, 1.165) is 12.2 Å². The van der Waals surface area contributed by atoms with Crippen LogP contribution in [0.5, 0.6) is 5.75 Å². The average molecular weight is 330 g/mol. The number of fused-ring (bicyclic) bond motifs is 1. The maximum Gasteiger partial charge on any atom is 0.260 e. The Morgan fingerprint density at radius 1 is 1.22 bits per heavy atom. The number of halogens is 1. The summed E-state index contributed by atoms with van der Waals surface area (Å²) in [5, 5.41) is 4.21. The zero-order valence-electron chi connectivity index (χ0n) is 12.6. The van der Waals surface area contributed by atoms with E-state index in [1.807, 2.05) is 24.3 Å². The van der Waals surface area contributed by atoms with E-state index in [0.29, 0.717) is 28.4 Å². The predicted molar refractivity (Wildman–Crippen MR) is 92.6 cm³/mol. The molecule has 0 radical (unpaired) electrons. The number of hydrogen-bond donors (Lipinski definition) is 2. The third kappa shape index (κ3) is 3.63. The summed E-state index contributed by atoms with van der Waals surface area (Å²) >= 11 is 5.95. The van der Waals surface area contributed by atoms with Gasteiger partial charge in [0.15, 0.2) is 0 Å². The van der Waals surface area contributed by atoms with Gasteiger partial charge in [0.1, 0.15) is 5.75 Å². The Kier molecular flexibility index (Phi) is 4.48. The summed E-state index contributed by atoms with van der Waals surface area (Å²) in [6, 6.07) is 12.9. The summed E-state index contributed by atoms with van der Waals surface area (Å²) in [7, 11) is 1.64. The molecule has 0 fully saturated rings. The first-order valence-electron chi connectivity index (χ1n) is 7.22. The molecule has 2 N–H and O–H groups in total. The molecular formula is C17H16ClN3O2. The Bertz CT molecular complexity index is 875. The molecule has 3 aromatic rings. The quantitative estimate of drug-likeness (QED) is 0.754. The van der Waals surface area contributed by atoms with Crippen LogP contribution in [0.4, 0.5) is 5.95 Å². The van der Waals surface area contributed by atoms with Crippen molar-refractivity contribution in [1.82, 2.24) is 9.97 Å². The molecule has 1 heterocycles. The fourth-order valence-electron chi connectivity index (χ4n) is 2.31. The van der Waals surface area contributed by atoms with Crippen molar-refractivity contribution < 1.29 is 4.74 Å². The molecule has 0 aliphatic carbocycles. The van der Waals surface area contributed by atoms with Crippen LogP contribution in [0.25, 0.3) is 10.9 Å². The van der Waals surface area contributed by atoms with Gasteiger partial charge < -0.3 is 10.1 Å². The van der Waals surface area contributed by atoms with Crippen molar-refractivity contribution in [3.05, 3.63) is 63.4 Å². The number of anilines is 1. The van der Waals surface area contributed by atoms with Crippen LogP contribution < -0.4 is 15.6 Å². The molecule has 118 valence electrons. The van der Waals surface area contributed by atoms with Gasteiger partial charge in [-0.05, 0) is 42.3 Å². The van der Waals surface area contributed by atoms with Gasteiger partial charge in [0, 0.05) is 11.6 Å². The van der Waals surface area contributed by atoms with Gasteiger partial charge in [0.25, 0.3) is 5.56 Å². The first-order chi connectivity index (χ1) is 11.2. The first kappa shape index (κ1) is 15.4. The Hall–Kier alpha value is -2.53. The van der Waals surface area contributed by atoms with E-state index in [-0.39, 0.29) is 5.56 Å². The Balaban J connectivity index is 1.70. The van der Waals surface area contributed by atoms with Crippen LogP contribution in [-0.2, 0) is 6.42 Å². The summed E-state index contributed by atoms with van der Waals surface area (Å²) in [5.41, 5.74) is 1.57. The number of H-pyrrole nitrogens is 1. The molecule has 1 aromatic heterocycles. The highest BCUT2D eigenvalue weighted by Gasteiger charge is 2.04. The molecule has 6 heteroatoms. The van der Waals surface area contributed by atoms with Gasteiger partial charge in [-0.2, -0.15) is 0 Å². The second-order valence-electron chi connectivity index (χ2n) is 5.10. The highest BCUT2D eigenvalue weighted by molar-refractivity contribution is 6.31. The molecule has 0 amide bonds. The van der Waals surface area contributed by atoms with Crippen LogP contribution in [0.15, 0.2) is 47.3 Å². The number of nitrogens with one attached hydrogen (secondary N) is 2. The molecule has 3 rings (SSSR count). The zero-order chi connectivity index (χ0) is 16.2. The lowest BCUT2D eigenvalue weighted by Gasteiger charge is -2.07. The molecule has 0 saturated heterocycles. The minimum absolute atomic E-state index is 0.182. The van der Waals surface area contributed by atoms with Gasteiger partial charge in [-0.1, -0.05) is 23.7 Å². The van der Waals surface area contributed by atoms with Crippen LogP contribution in [0.2, 0.25) is 5.02 Å². The van der Waals surface area contributed by atoms with Crippen molar-refractivity contribution in [1.29, 1.82) is 0 Å². The van der Waals surface area contributed by atoms with Crippen molar-refractivity contribution in [2.45, 2.75) is 6.42 Å². The normalized spacial score (nSPS) is 10.7. The Morgan fingerprint density at radius 2 is 2.00 bits per heavy atom. The molecule has 23 heavy (non-hydrogen) atoms. The highest BCUT2D eigenvalue weighted by Crippen LogP contribution is 2.16. The number of methoxy groups -OCH3 is 1. The van der Waals surface area contributed by atoms with Gasteiger partial charge in [-0.15, -0.1) is 0 Å². The fraction of sp³-hybridized carbons (Fsp3) is 0.176. The summed E-state index contributed by atoms with van der Waals surface area (Å²) in [6.07, 6.45) is 0.807. The van der Waals surface area contributed by atoms with Crippen LogP contribution in [0, 0.1) is 0 Å². The second kappa shape index (κ2) is 6.71. The van der Waals surface area contributed by atoms with E-state index in [4.69, 9.17) is 16.3 Å². The number of nitrogens with zero attached hydrogens (tertiary/aromatic N) is 1. The third-order valence-corrected chi connectivity index (χ3v) is 3.77. The van der Waals surface area contributed by atoms with Crippen molar-refractivity contribution in [2.24, 2.45) is 0 Å². The standard InChI is InChI=1S/C17H16ClN3O2/c1-23-13-5-2-11(3-6-13)8-9-19-17-20-15-10-12(18)4-7-14(15)16(22)21-17/h2-7,10H,8-9H2,1H3,(H2,19,20,21,22). The third-order valence-electron chi connectivity index (χ3n) is 3.53. The number of rotatable bonds is 5. The minimum atomic E-state index is -0.182. The zero-order valence-corrected chi connectivity index (χ0v) is 13.4. The second-order valence-corrected chi connectivity index (χ2v) is 5.54. The topological polar surface area (TPSA) is 67.0 Å². The van der Waals surface area contributed by atoms with E-state index >= 15 is 0 Å². The maximum absolute atomic E-state index is 12.0. The Labute approximate surface area is 138 Å². The van der Waals surface area contributed by atoms with E-state index in [1.165, 1.54) is 5.56 Å². The largest absolute Gasteiger partial charge is 0.497 e. The SMILES string of the molecule is COc1ccc(CCNc2nc3cc(Cl)ccc3c(=O)[nH]2)cc1. The monoisotopic (exact) mass is 329 g/mol.